The van der Waals surface area contributed by atoms with Gasteiger partial charge >= 0.3 is 0 Å². The second-order valence-electron chi connectivity index (χ2n) is 8.25. The maximum absolute atomic E-state index is 13.1. The van der Waals surface area contributed by atoms with Gasteiger partial charge in [0, 0.05) is 37.3 Å². The van der Waals surface area contributed by atoms with Crippen LogP contribution in [0.1, 0.15) is 54.2 Å². The van der Waals surface area contributed by atoms with Crippen LogP contribution >= 0.6 is 0 Å². The van der Waals surface area contributed by atoms with Crippen LogP contribution in [0.4, 0.5) is 0 Å². The minimum absolute atomic E-state index is 0.153. The fourth-order valence-corrected chi connectivity index (χ4v) is 4.94. The van der Waals surface area contributed by atoms with Crippen LogP contribution in [0, 0.1) is 5.41 Å². The highest BCUT2D eigenvalue weighted by atomic mass is 16.2. The first kappa shape index (κ1) is 18.2. The molecular formula is C22H30N4O. The monoisotopic (exact) mass is 366 g/mol. The number of rotatable bonds is 4. The van der Waals surface area contributed by atoms with Gasteiger partial charge in [-0.2, -0.15) is 5.10 Å². The topological polar surface area (TPSA) is 52.2 Å². The van der Waals surface area contributed by atoms with E-state index in [9.17, 15) is 4.79 Å². The molecule has 1 spiro atoms. The summed E-state index contributed by atoms with van der Waals surface area (Å²) in [6.45, 7) is 7.08. The van der Waals surface area contributed by atoms with Crippen LogP contribution in [0.25, 0.3) is 0 Å². The Balaban J connectivity index is 1.45. The van der Waals surface area contributed by atoms with Crippen molar-refractivity contribution >= 4 is 5.91 Å². The van der Waals surface area contributed by atoms with Crippen LogP contribution in [0.5, 0.6) is 0 Å². The molecule has 2 aliphatic heterocycles. The Morgan fingerprint density at radius 1 is 1.15 bits per heavy atom. The van der Waals surface area contributed by atoms with Crippen molar-refractivity contribution < 1.29 is 4.79 Å². The standard InChI is InChI=1S/C22H30N4O/c1-2-20-19(14-23-24-20)21(27)26-13-7-11-22(17-26)10-6-12-25(16-22)15-18-8-4-3-5-9-18/h3-5,8-9,14H,2,6-7,10-13,15-17H2,1H3,(H,23,24)/t22-/m0/s1. The van der Waals surface area contributed by atoms with E-state index < -0.39 is 0 Å². The molecule has 0 bridgehead atoms. The van der Waals surface area contributed by atoms with Gasteiger partial charge in [-0.25, -0.2) is 0 Å². The smallest absolute Gasteiger partial charge is 0.257 e. The predicted molar refractivity (Wildman–Crippen MR) is 106 cm³/mol. The number of aryl methyl sites for hydroxylation is 1. The zero-order valence-corrected chi connectivity index (χ0v) is 16.3. The molecule has 144 valence electrons. The normalized spacial score (nSPS) is 23.7. The first-order valence-electron chi connectivity index (χ1n) is 10.3. The highest BCUT2D eigenvalue weighted by Crippen LogP contribution is 2.39. The Kier molecular flexibility index (Phi) is 5.30. The highest BCUT2D eigenvalue weighted by Gasteiger charge is 2.40. The summed E-state index contributed by atoms with van der Waals surface area (Å²) in [6, 6.07) is 10.7. The van der Waals surface area contributed by atoms with Crippen LogP contribution in [-0.4, -0.2) is 52.1 Å². The van der Waals surface area contributed by atoms with Crippen molar-refractivity contribution in [3.05, 3.63) is 53.3 Å². The molecule has 5 nitrogen and oxygen atoms in total. The molecule has 0 aliphatic carbocycles. The SMILES string of the molecule is CCc1[nH]ncc1C(=O)N1CCC[C@]2(CCCN(Cc3ccccc3)C2)C1. The van der Waals surface area contributed by atoms with E-state index in [1.165, 1.54) is 24.8 Å². The molecule has 0 unspecified atom stereocenters. The predicted octanol–water partition coefficient (Wildman–Crippen LogP) is 3.49. The Morgan fingerprint density at radius 3 is 2.70 bits per heavy atom. The summed E-state index contributed by atoms with van der Waals surface area (Å²) in [6.07, 6.45) is 7.29. The fraction of sp³-hybridized carbons (Fsp3) is 0.545. The molecule has 0 saturated carbocycles. The molecule has 0 radical (unpaired) electrons. The van der Waals surface area contributed by atoms with E-state index in [1.54, 1.807) is 6.20 Å². The number of hydrogen-bond acceptors (Lipinski definition) is 3. The van der Waals surface area contributed by atoms with E-state index in [0.29, 0.717) is 0 Å². The number of likely N-dealkylation sites (tertiary alicyclic amines) is 2. The van der Waals surface area contributed by atoms with Crippen molar-refractivity contribution in [2.24, 2.45) is 5.41 Å². The number of hydrogen-bond donors (Lipinski definition) is 1. The zero-order chi connectivity index (χ0) is 18.7. The maximum atomic E-state index is 13.1. The Hall–Kier alpha value is -2.14. The van der Waals surface area contributed by atoms with Gasteiger partial charge in [-0.1, -0.05) is 37.3 Å². The summed E-state index contributed by atoms with van der Waals surface area (Å²) >= 11 is 0. The molecule has 27 heavy (non-hydrogen) atoms. The molecule has 1 aromatic heterocycles. The number of amides is 1. The van der Waals surface area contributed by atoms with Gasteiger partial charge in [0.2, 0.25) is 0 Å². The molecule has 2 fully saturated rings. The van der Waals surface area contributed by atoms with Crippen LogP contribution in [-0.2, 0) is 13.0 Å². The fourth-order valence-electron chi connectivity index (χ4n) is 4.94. The van der Waals surface area contributed by atoms with Crippen LogP contribution in [0.2, 0.25) is 0 Å². The first-order valence-corrected chi connectivity index (χ1v) is 10.3. The minimum atomic E-state index is 0.153. The second kappa shape index (κ2) is 7.85. The van der Waals surface area contributed by atoms with Crippen LogP contribution in [0.3, 0.4) is 0 Å². The van der Waals surface area contributed by atoms with E-state index >= 15 is 0 Å². The third-order valence-corrected chi connectivity index (χ3v) is 6.24. The Morgan fingerprint density at radius 2 is 1.93 bits per heavy atom. The quantitative estimate of drug-likeness (QED) is 0.901. The summed E-state index contributed by atoms with van der Waals surface area (Å²) < 4.78 is 0. The number of aromatic amines is 1. The minimum Gasteiger partial charge on any atom is -0.338 e. The number of H-pyrrole nitrogens is 1. The largest absolute Gasteiger partial charge is 0.338 e. The van der Waals surface area contributed by atoms with Crippen molar-refractivity contribution in [2.75, 3.05) is 26.2 Å². The van der Waals surface area contributed by atoms with Crippen molar-refractivity contribution in [1.29, 1.82) is 0 Å². The number of carbonyl (C=O) groups is 1. The molecule has 1 amide bonds. The lowest BCUT2D eigenvalue weighted by Crippen LogP contribution is -2.53. The van der Waals surface area contributed by atoms with Crippen molar-refractivity contribution in [3.63, 3.8) is 0 Å². The van der Waals surface area contributed by atoms with Crippen molar-refractivity contribution in [3.8, 4) is 0 Å². The average molecular weight is 367 g/mol. The molecule has 3 heterocycles. The van der Waals surface area contributed by atoms with Crippen LogP contribution in [0.15, 0.2) is 36.5 Å². The molecule has 2 saturated heterocycles. The third-order valence-electron chi connectivity index (χ3n) is 6.24. The van der Waals surface area contributed by atoms with Crippen molar-refractivity contribution in [1.82, 2.24) is 20.0 Å². The second-order valence-corrected chi connectivity index (χ2v) is 8.25. The number of carbonyl (C=O) groups excluding carboxylic acids is 1. The molecule has 2 aromatic rings. The van der Waals surface area contributed by atoms with Crippen LogP contribution < -0.4 is 0 Å². The lowest BCUT2D eigenvalue weighted by atomic mass is 9.73. The number of benzene rings is 1. The van der Waals surface area contributed by atoms with Gasteiger partial charge in [0.05, 0.1) is 11.8 Å². The van der Waals surface area contributed by atoms with Gasteiger partial charge in [-0.05, 0) is 44.2 Å². The average Bonchev–Trinajstić information content (AvgIpc) is 3.17. The summed E-state index contributed by atoms with van der Waals surface area (Å²) in [5, 5.41) is 7.07. The number of nitrogens with one attached hydrogen (secondary N) is 1. The van der Waals surface area contributed by atoms with Gasteiger partial charge in [-0.3, -0.25) is 14.8 Å². The Bertz CT molecular complexity index is 768. The van der Waals surface area contributed by atoms with E-state index in [1.807, 2.05) is 0 Å². The third kappa shape index (κ3) is 3.93. The van der Waals surface area contributed by atoms with Crippen molar-refractivity contribution in [2.45, 2.75) is 45.6 Å². The van der Waals surface area contributed by atoms with E-state index in [4.69, 9.17) is 0 Å². The zero-order valence-electron chi connectivity index (χ0n) is 16.3. The molecule has 4 rings (SSSR count). The summed E-state index contributed by atoms with van der Waals surface area (Å²) in [4.78, 5) is 17.8. The van der Waals surface area contributed by atoms with Gasteiger partial charge in [0.1, 0.15) is 0 Å². The van der Waals surface area contributed by atoms with Gasteiger partial charge < -0.3 is 4.90 Å². The molecule has 1 N–H and O–H groups in total. The molecule has 5 heteroatoms. The van der Waals surface area contributed by atoms with Gasteiger partial charge in [0.15, 0.2) is 0 Å². The Labute approximate surface area is 161 Å². The summed E-state index contributed by atoms with van der Waals surface area (Å²) in [7, 11) is 0. The molecular weight excluding hydrogens is 336 g/mol. The maximum Gasteiger partial charge on any atom is 0.257 e. The highest BCUT2D eigenvalue weighted by molar-refractivity contribution is 5.95. The molecule has 1 atom stereocenters. The van der Waals surface area contributed by atoms with E-state index in [-0.39, 0.29) is 11.3 Å². The van der Waals surface area contributed by atoms with E-state index in [2.05, 4.69) is 57.3 Å². The number of piperidine rings is 2. The van der Waals surface area contributed by atoms with Gasteiger partial charge in [-0.15, -0.1) is 0 Å². The van der Waals surface area contributed by atoms with Gasteiger partial charge in [0.25, 0.3) is 5.91 Å². The molecule has 2 aliphatic rings. The number of aromatic nitrogens is 2. The first-order chi connectivity index (χ1) is 13.2. The molecule has 1 aromatic carbocycles. The van der Waals surface area contributed by atoms with E-state index in [0.717, 1.165) is 56.8 Å². The lowest BCUT2D eigenvalue weighted by Gasteiger charge is -2.48. The number of nitrogens with zero attached hydrogens (tertiary/aromatic N) is 3. The lowest BCUT2D eigenvalue weighted by molar-refractivity contribution is 0.0113. The summed E-state index contributed by atoms with van der Waals surface area (Å²) in [5.41, 5.74) is 3.33. The summed E-state index contributed by atoms with van der Waals surface area (Å²) in [5.74, 6) is 0.153.